The minimum absolute atomic E-state index is 0.114. The van der Waals surface area contributed by atoms with E-state index in [0.29, 0.717) is 31.1 Å². The van der Waals surface area contributed by atoms with Gasteiger partial charge in [0.25, 0.3) is 5.91 Å². The zero-order valence-corrected chi connectivity index (χ0v) is 21.6. The van der Waals surface area contributed by atoms with Crippen molar-refractivity contribution in [2.45, 2.75) is 49.8 Å². The number of pyridine rings is 1. The van der Waals surface area contributed by atoms with Crippen LogP contribution in [0, 0.1) is 6.92 Å². The maximum Gasteiger partial charge on any atom is 0.259 e. The molecule has 0 bridgehead atoms. The molecule has 5 rings (SSSR count). The van der Waals surface area contributed by atoms with Gasteiger partial charge in [0.1, 0.15) is 5.56 Å². The fourth-order valence-electron chi connectivity index (χ4n) is 5.43. The second-order valence-electron chi connectivity index (χ2n) is 9.06. The second-order valence-corrected chi connectivity index (χ2v) is 11.1. The number of thiophene rings is 1. The summed E-state index contributed by atoms with van der Waals surface area (Å²) in [6, 6.07) is 12.5. The highest BCUT2D eigenvalue weighted by Gasteiger charge is 2.34. The lowest BCUT2D eigenvalue weighted by molar-refractivity contribution is 0.0774. The predicted octanol–water partition coefficient (Wildman–Crippen LogP) is 5.15. The number of benzene rings is 1. The minimum Gasteiger partial charge on any atom is -0.337 e. The summed E-state index contributed by atoms with van der Waals surface area (Å²) < 4.78 is 2.15. The number of aryl methyl sites for hydroxylation is 1. The van der Waals surface area contributed by atoms with E-state index in [2.05, 4.69) is 58.3 Å². The largest absolute Gasteiger partial charge is 0.337 e. The highest BCUT2D eigenvalue weighted by molar-refractivity contribution is 7.99. The standard InChI is InChI=1S/C27H31N3O2S2/c1-4-28(5-2)20-10-12-29(16-20)27(32)26-22-15-25(19-11-13-33-17-19)34-24-9-7-6-8-21(24)30(22)18(3)14-23(26)31/h6-9,11,13-14,17,20,25H,4-5,10,12,15-16H2,1-3H3/t20-,25-/m0/s1. The van der Waals surface area contributed by atoms with Crippen molar-refractivity contribution >= 4 is 29.0 Å². The topological polar surface area (TPSA) is 45.5 Å². The van der Waals surface area contributed by atoms with Crippen LogP contribution in [0.4, 0.5) is 0 Å². The number of hydrogen-bond donors (Lipinski definition) is 0. The first-order valence-electron chi connectivity index (χ1n) is 12.1. The number of thioether (sulfide) groups is 1. The van der Waals surface area contributed by atoms with Crippen LogP contribution >= 0.6 is 23.1 Å². The maximum absolute atomic E-state index is 13.9. The molecule has 1 aromatic carbocycles. The quantitative estimate of drug-likeness (QED) is 0.493. The van der Waals surface area contributed by atoms with Crippen molar-refractivity contribution < 1.29 is 4.79 Å². The average Bonchev–Trinajstić information content (AvgIpc) is 3.50. The molecule has 0 unspecified atom stereocenters. The molecule has 1 amide bonds. The highest BCUT2D eigenvalue weighted by atomic mass is 32.2. The van der Waals surface area contributed by atoms with Crippen LogP contribution in [0.2, 0.25) is 0 Å². The number of nitrogens with zero attached hydrogens (tertiary/aromatic N) is 3. The molecule has 34 heavy (non-hydrogen) atoms. The van der Waals surface area contributed by atoms with Gasteiger partial charge in [0, 0.05) is 53.2 Å². The van der Waals surface area contributed by atoms with Crippen molar-refractivity contribution in [1.82, 2.24) is 14.4 Å². The van der Waals surface area contributed by atoms with Crippen molar-refractivity contribution in [3.63, 3.8) is 0 Å². The Morgan fingerprint density at radius 2 is 1.97 bits per heavy atom. The number of rotatable bonds is 5. The number of likely N-dealkylation sites (N-methyl/N-ethyl adjacent to an activating group) is 1. The van der Waals surface area contributed by atoms with Crippen LogP contribution in [0.15, 0.2) is 56.8 Å². The van der Waals surface area contributed by atoms with Crippen LogP contribution in [0.3, 0.4) is 0 Å². The van der Waals surface area contributed by atoms with Gasteiger partial charge in [0.2, 0.25) is 0 Å². The van der Waals surface area contributed by atoms with E-state index in [-0.39, 0.29) is 16.6 Å². The van der Waals surface area contributed by atoms with Gasteiger partial charge < -0.3 is 9.47 Å². The molecule has 0 N–H and O–H groups in total. The summed E-state index contributed by atoms with van der Waals surface area (Å²) in [6.45, 7) is 9.64. The van der Waals surface area contributed by atoms with E-state index >= 15 is 0 Å². The Morgan fingerprint density at radius 1 is 1.18 bits per heavy atom. The first kappa shape index (κ1) is 23.4. The van der Waals surface area contributed by atoms with Gasteiger partial charge in [-0.05, 0) is 61.0 Å². The summed E-state index contributed by atoms with van der Waals surface area (Å²) in [5, 5.41) is 4.43. The summed E-state index contributed by atoms with van der Waals surface area (Å²) in [5.74, 6) is -0.114. The number of hydrogen-bond acceptors (Lipinski definition) is 5. The fourth-order valence-corrected chi connectivity index (χ4v) is 7.50. The van der Waals surface area contributed by atoms with Crippen LogP contribution in [0.1, 0.15) is 52.8 Å². The van der Waals surface area contributed by atoms with Gasteiger partial charge in [-0.1, -0.05) is 26.0 Å². The van der Waals surface area contributed by atoms with Crippen molar-refractivity contribution in [1.29, 1.82) is 0 Å². The third kappa shape index (κ3) is 4.14. The number of carbonyl (C=O) groups excluding carboxylic acids is 1. The summed E-state index contributed by atoms with van der Waals surface area (Å²) in [4.78, 5) is 32.8. The molecular weight excluding hydrogens is 462 g/mol. The third-order valence-electron chi connectivity index (χ3n) is 7.16. The predicted molar refractivity (Wildman–Crippen MR) is 141 cm³/mol. The Labute approximate surface area is 209 Å². The van der Waals surface area contributed by atoms with Crippen LogP contribution in [-0.4, -0.2) is 52.5 Å². The lowest BCUT2D eigenvalue weighted by Gasteiger charge is -2.26. The number of amides is 1. The van der Waals surface area contributed by atoms with E-state index in [4.69, 9.17) is 0 Å². The van der Waals surface area contributed by atoms with E-state index in [0.717, 1.165) is 36.6 Å². The summed E-state index contributed by atoms with van der Waals surface area (Å²) in [6.07, 6.45) is 1.60. The molecule has 0 spiro atoms. The Hall–Kier alpha value is -2.35. The Kier molecular flexibility index (Phi) is 6.69. The van der Waals surface area contributed by atoms with E-state index < -0.39 is 0 Å². The molecule has 2 aliphatic heterocycles. The van der Waals surface area contributed by atoms with E-state index in [1.807, 2.05) is 29.7 Å². The fraction of sp³-hybridized carbons (Fsp3) is 0.407. The van der Waals surface area contributed by atoms with Crippen LogP contribution < -0.4 is 5.43 Å². The number of carbonyl (C=O) groups is 1. The Morgan fingerprint density at radius 3 is 2.71 bits per heavy atom. The average molecular weight is 494 g/mol. The molecule has 4 heterocycles. The van der Waals surface area contributed by atoms with Crippen molar-refractivity contribution in [2.75, 3.05) is 26.2 Å². The number of aromatic nitrogens is 1. The van der Waals surface area contributed by atoms with E-state index in [9.17, 15) is 9.59 Å². The Bertz CT molecular complexity index is 1250. The molecule has 178 valence electrons. The van der Waals surface area contributed by atoms with Gasteiger partial charge in [0.05, 0.1) is 5.69 Å². The van der Waals surface area contributed by atoms with E-state index in [1.54, 1.807) is 17.4 Å². The van der Waals surface area contributed by atoms with Crippen LogP contribution in [0.25, 0.3) is 5.69 Å². The van der Waals surface area contributed by atoms with Crippen LogP contribution in [0.5, 0.6) is 0 Å². The monoisotopic (exact) mass is 493 g/mol. The summed E-state index contributed by atoms with van der Waals surface area (Å²) in [5.41, 5.74) is 4.20. The third-order valence-corrected chi connectivity index (χ3v) is 9.18. The minimum atomic E-state index is -0.159. The van der Waals surface area contributed by atoms with Gasteiger partial charge in [-0.25, -0.2) is 0 Å². The van der Waals surface area contributed by atoms with Gasteiger partial charge >= 0.3 is 0 Å². The number of likely N-dealkylation sites (tertiary alicyclic amines) is 1. The van der Waals surface area contributed by atoms with Crippen molar-refractivity contribution in [3.8, 4) is 5.69 Å². The van der Waals surface area contributed by atoms with Gasteiger partial charge in [0.15, 0.2) is 5.43 Å². The zero-order valence-electron chi connectivity index (χ0n) is 20.0. The molecular formula is C27H31N3O2S2. The van der Waals surface area contributed by atoms with Gasteiger partial charge in [-0.3, -0.25) is 14.5 Å². The molecule has 1 fully saturated rings. The maximum atomic E-state index is 13.9. The zero-order chi connectivity index (χ0) is 23.8. The molecule has 2 aromatic heterocycles. The second kappa shape index (κ2) is 9.72. The molecule has 0 aliphatic carbocycles. The normalized spacial score (nSPS) is 19.7. The molecule has 1 saturated heterocycles. The van der Waals surface area contributed by atoms with Crippen molar-refractivity contribution in [2.24, 2.45) is 0 Å². The highest BCUT2D eigenvalue weighted by Crippen LogP contribution is 2.44. The molecule has 5 nitrogen and oxygen atoms in total. The molecule has 3 aromatic rings. The molecule has 7 heteroatoms. The lowest BCUT2D eigenvalue weighted by atomic mass is 10.0. The van der Waals surface area contributed by atoms with E-state index in [1.165, 1.54) is 10.5 Å². The summed E-state index contributed by atoms with van der Waals surface area (Å²) >= 11 is 3.51. The first-order valence-corrected chi connectivity index (χ1v) is 13.9. The van der Waals surface area contributed by atoms with Crippen LogP contribution in [-0.2, 0) is 6.42 Å². The molecule has 0 saturated carbocycles. The lowest BCUT2D eigenvalue weighted by Crippen LogP contribution is -2.40. The SMILES string of the molecule is CCN(CC)[C@H]1CCN(C(=O)c2c3n(c(C)cc2=O)-c2ccccc2S[C@H](c2ccsc2)C3)C1. The molecule has 2 aliphatic rings. The summed E-state index contributed by atoms with van der Waals surface area (Å²) in [7, 11) is 0. The smallest absolute Gasteiger partial charge is 0.259 e. The van der Waals surface area contributed by atoms with Crippen molar-refractivity contribution in [3.05, 3.63) is 79.9 Å². The Balaban J connectivity index is 1.61. The van der Waals surface area contributed by atoms with Gasteiger partial charge in [-0.2, -0.15) is 11.3 Å². The molecule has 2 atom stereocenters. The number of fused-ring (bicyclic) bond motifs is 3. The first-order chi connectivity index (χ1) is 16.5. The number of para-hydroxylation sites is 1. The van der Waals surface area contributed by atoms with Gasteiger partial charge in [-0.15, -0.1) is 11.8 Å². The molecule has 0 radical (unpaired) electrons.